The quantitative estimate of drug-likeness (QED) is 0.550. The summed E-state index contributed by atoms with van der Waals surface area (Å²) in [4.78, 5) is 3.33. The first-order valence-corrected chi connectivity index (χ1v) is 7.31. The molecule has 0 unspecified atom stereocenters. The molecule has 0 aliphatic heterocycles. The lowest BCUT2D eigenvalue weighted by molar-refractivity contribution is 0.567. The first-order chi connectivity index (χ1) is 10.7. The van der Waals surface area contributed by atoms with Crippen molar-refractivity contribution >= 4 is 34.1 Å². The van der Waals surface area contributed by atoms with E-state index in [0.29, 0.717) is 15.9 Å². The van der Waals surface area contributed by atoms with Gasteiger partial charge in [0.25, 0.3) is 5.89 Å². The highest BCUT2D eigenvalue weighted by molar-refractivity contribution is 6.42. The van der Waals surface area contributed by atoms with Crippen LogP contribution in [0.25, 0.3) is 33.6 Å². The highest BCUT2D eigenvalue weighted by atomic mass is 35.5. The predicted molar refractivity (Wildman–Crippen MR) is 87.0 cm³/mol. The van der Waals surface area contributed by atoms with Gasteiger partial charge in [-0.2, -0.15) is 0 Å². The van der Waals surface area contributed by atoms with E-state index >= 15 is 0 Å². The molecule has 0 spiro atoms. The lowest BCUT2D eigenvalue weighted by atomic mass is 10.0. The molecule has 1 N–H and O–H groups in total. The molecule has 6 heteroatoms. The Balaban J connectivity index is 1.92. The van der Waals surface area contributed by atoms with Crippen molar-refractivity contribution in [1.82, 2.24) is 15.2 Å². The molecule has 108 valence electrons. The van der Waals surface area contributed by atoms with Gasteiger partial charge in [0.2, 0.25) is 6.39 Å². The molecule has 2 aromatic carbocycles. The van der Waals surface area contributed by atoms with Crippen molar-refractivity contribution in [3.8, 4) is 22.7 Å². The fourth-order valence-electron chi connectivity index (χ4n) is 2.47. The molecule has 22 heavy (non-hydrogen) atoms. The highest BCUT2D eigenvalue weighted by Gasteiger charge is 2.12. The summed E-state index contributed by atoms with van der Waals surface area (Å²) in [6.07, 6.45) is 1.31. The minimum absolute atomic E-state index is 0.455. The molecule has 4 nitrogen and oxygen atoms in total. The third kappa shape index (κ3) is 2.17. The van der Waals surface area contributed by atoms with Crippen molar-refractivity contribution in [3.63, 3.8) is 0 Å². The van der Waals surface area contributed by atoms with Gasteiger partial charge in [0.15, 0.2) is 0 Å². The van der Waals surface area contributed by atoms with E-state index in [1.54, 1.807) is 6.07 Å². The molecule has 0 bridgehead atoms. The fraction of sp³-hybridized carbons (Fsp3) is 0. The van der Waals surface area contributed by atoms with Crippen LogP contribution in [0.15, 0.2) is 53.3 Å². The average Bonchev–Trinajstić information content (AvgIpc) is 3.17. The number of rotatable bonds is 2. The number of nitrogens with zero attached hydrogens (tertiary/aromatic N) is 2. The number of fused-ring (bicyclic) bond motifs is 1. The molecule has 4 rings (SSSR count). The Hall–Kier alpha value is -2.30. The van der Waals surface area contributed by atoms with Gasteiger partial charge < -0.3 is 9.40 Å². The van der Waals surface area contributed by atoms with Crippen molar-refractivity contribution < 1.29 is 4.42 Å². The van der Waals surface area contributed by atoms with E-state index in [9.17, 15) is 0 Å². The largest absolute Gasteiger partial charge is 0.422 e. The second-order valence-electron chi connectivity index (χ2n) is 4.83. The van der Waals surface area contributed by atoms with Crippen LogP contribution in [0.1, 0.15) is 0 Å². The lowest BCUT2D eigenvalue weighted by Gasteiger charge is -2.05. The van der Waals surface area contributed by atoms with Crippen LogP contribution in [-0.4, -0.2) is 15.2 Å². The molecule has 4 aromatic rings. The molecular weight excluding hydrogens is 321 g/mol. The number of para-hydroxylation sites is 1. The number of hydrogen-bond acceptors (Lipinski definition) is 3. The van der Waals surface area contributed by atoms with Crippen LogP contribution in [0.4, 0.5) is 0 Å². The summed E-state index contributed by atoms with van der Waals surface area (Å²) >= 11 is 12.1. The van der Waals surface area contributed by atoms with Crippen LogP contribution in [0.5, 0.6) is 0 Å². The molecule has 0 aliphatic carbocycles. The van der Waals surface area contributed by atoms with Gasteiger partial charge in [-0.15, -0.1) is 10.2 Å². The zero-order valence-corrected chi connectivity index (χ0v) is 12.7. The van der Waals surface area contributed by atoms with Gasteiger partial charge in [-0.25, -0.2) is 0 Å². The van der Waals surface area contributed by atoms with Gasteiger partial charge in [-0.1, -0.05) is 47.5 Å². The summed E-state index contributed by atoms with van der Waals surface area (Å²) in [5, 5.41) is 9.74. The SMILES string of the molecule is Clc1ccc(-c2cccc3cc(-c4nnco4)[nH]c23)cc1Cl. The van der Waals surface area contributed by atoms with E-state index in [0.717, 1.165) is 27.7 Å². The topological polar surface area (TPSA) is 54.7 Å². The predicted octanol–water partition coefficient (Wildman–Crippen LogP) is 5.19. The van der Waals surface area contributed by atoms with Gasteiger partial charge in [0, 0.05) is 10.9 Å². The number of benzene rings is 2. The first kappa shape index (κ1) is 13.4. The third-order valence-corrected chi connectivity index (χ3v) is 4.22. The van der Waals surface area contributed by atoms with Crippen LogP contribution in [0, 0.1) is 0 Å². The summed E-state index contributed by atoms with van der Waals surface area (Å²) in [7, 11) is 0. The highest BCUT2D eigenvalue weighted by Crippen LogP contribution is 2.34. The molecule has 0 amide bonds. The maximum absolute atomic E-state index is 6.13. The zero-order valence-electron chi connectivity index (χ0n) is 11.2. The molecule has 2 heterocycles. The van der Waals surface area contributed by atoms with Crippen LogP contribution >= 0.6 is 23.2 Å². The summed E-state index contributed by atoms with van der Waals surface area (Å²) in [6, 6.07) is 13.6. The molecule has 0 aliphatic rings. The minimum atomic E-state index is 0.455. The van der Waals surface area contributed by atoms with Crippen LogP contribution in [0.3, 0.4) is 0 Å². The summed E-state index contributed by atoms with van der Waals surface area (Å²) < 4.78 is 5.24. The van der Waals surface area contributed by atoms with Crippen LogP contribution in [0.2, 0.25) is 10.0 Å². The molecule has 0 atom stereocenters. The monoisotopic (exact) mass is 329 g/mol. The second kappa shape index (κ2) is 5.16. The number of aromatic amines is 1. The maximum atomic E-state index is 6.13. The van der Waals surface area contributed by atoms with Crippen LogP contribution < -0.4 is 0 Å². The molecule has 0 fully saturated rings. The zero-order chi connectivity index (χ0) is 15.1. The van der Waals surface area contributed by atoms with Gasteiger partial charge >= 0.3 is 0 Å². The Morgan fingerprint density at radius 1 is 1.00 bits per heavy atom. The van der Waals surface area contributed by atoms with Gasteiger partial charge in [0.1, 0.15) is 5.69 Å². The Morgan fingerprint density at radius 3 is 2.68 bits per heavy atom. The first-order valence-electron chi connectivity index (χ1n) is 6.56. The summed E-state index contributed by atoms with van der Waals surface area (Å²) in [6.45, 7) is 0. The summed E-state index contributed by atoms with van der Waals surface area (Å²) in [5.74, 6) is 0.455. The Bertz CT molecular complexity index is 961. The Labute approximate surface area is 135 Å². The molecule has 0 saturated carbocycles. The molecular formula is C16H9Cl2N3O. The van der Waals surface area contributed by atoms with E-state index in [2.05, 4.69) is 15.2 Å². The van der Waals surface area contributed by atoms with Gasteiger partial charge in [-0.05, 0) is 23.8 Å². The number of aromatic nitrogens is 3. The van der Waals surface area contributed by atoms with Crippen molar-refractivity contribution in [2.24, 2.45) is 0 Å². The van der Waals surface area contributed by atoms with Crippen molar-refractivity contribution in [2.75, 3.05) is 0 Å². The van der Waals surface area contributed by atoms with E-state index in [1.807, 2.05) is 36.4 Å². The third-order valence-electron chi connectivity index (χ3n) is 3.48. The maximum Gasteiger partial charge on any atom is 0.263 e. The standard InChI is InChI=1S/C16H9Cl2N3O/c17-12-5-4-9(6-13(12)18)11-3-1-2-10-7-14(20-15(10)11)16-21-19-8-22-16/h1-8,20H. The Kier molecular flexibility index (Phi) is 3.13. The number of H-pyrrole nitrogens is 1. The molecule has 2 aromatic heterocycles. The minimum Gasteiger partial charge on any atom is -0.422 e. The molecule has 0 radical (unpaired) electrons. The number of halogens is 2. The van der Waals surface area contributed by atoms with Crippen molar-refractivity contribution in [3.05, 3.63) is 58.9 Å². The van der Waals surface area contributed by atoms with Gasteiger partial charge in [-0.3, -0.25) is 0 Å². The number of hydrogen-bond donors (Lipinski definition) is 1. The fourth-order valence-corrected chi connectivity index (χ4v) is 2.76. The van der Waals surface area contributed by atoms with E-state index in [4.69, 9.17) is 27.6 Å². The normalized spacial score (nSPS) is 11.2. The Morgan fingerprint density at radius 2 is 1.91 bits per heavy atom. The lowest BCUT2D eigenvalue weighted by Crippen LogP contribution is -1.82. The van der Waals surface area contributed by atoms with Gasteiger partial charge in [0.05, 0.1) is 15.6 Å². The van der Waals surface area contributed by atoms with Crippen LogP contribution in [-0.2, 0) is 0 Å². The van der Waals surface area contributed by atoms with E-state index < -0.39 is 0 Å². The van der Waals surface area contributed by atoms with Crippen molar-refractivity contribution in [2.45, 2.75) is 0 Å². The number of nitrogens with one attached hydrogen (secondary N) is 1. The van der Waals surface area contributed by atoms with E-state index in [-0.39, 0.29) is 0 Å². The summed E-state index contributed by atoms with van der Waals surface area (Å²) in [5.41, 5.74) is 3.77. The second-order valence-corrected chi connectivity index (χ2v) is 5.64. The van der Waals surface area contributed by atoms with Crippen molar-refractivity contribution in [1.29, 1.82) is 0 Å². The van der Waals surface area contributed by atoms with E-state index in [1.165, 1.54) is 6.39 Å². The smallest absolute Gasteiger partial charge is 0.263 e. The average molecular weight is 330 g/mol. The molecule has 0 saturated heterocycles.